The van der Waals surface area contributed by atoms with Crippen molar-refractivity contribution in [1.29, 1.82) is 0 Å². The van der Waals surface area contributed by atoms with E-state index >= 15 is 0 Å². The minimum absolute atomic E-state index is 0.0180. The van der Waals surface area contributed by atoms with Crippen molar-refractivity contribution in [2.24, 2.45) is 0 Å². The van der Waals surface area contributed by atoms with Gasteiger partial charge in [-0.25, -0.2) is 4.39 Å². The Bertz CT molecular complexity index is 815. The molecule has 0 aliphatic carbocycles. The summed E-state index contributed by atoms with van der Waals surface area (Å²) >= 11 is 0. The first kappa shape index (κ1) is 14.6. The zero-order chi connectivity index (χ0) is 16.2. The van der Waals surface area contributed by atoms with Gasteiger partial charge in [-0.05, 0) is 36.4 Å². The Morgan fingerprint density at radius 3 is 2.48 bits per heavy atom. The maximum atomic E-state index is 12.9. The SMILES string of the molecule is O=[N+]([O-])c1ccc(OCc2noc(-c3ccc(F)cc3)n2)cc1. The van der Waals surface area contributed by atoms with Crippen molar-refractivity contribution in [2.45, 2.75) is 6.61 Å². The van der Waals surface area contributed by atoms with Gasteiger partial charge in [0.2, 0.25) is 5.82 Å². The summed E-state index contributed by atoms with van der Waals surface area (Å²) in [5.74, 6) is 0.661. The lowest BCUT2D eigenvalue weighted by Gasteiger charge is -2.02. The quantitative estimate of drug-likeness (QED) is 0.529. The molecule has 0 saturated carbocycles. The van der Waals surface area contributed by atoms with Crippen LogP contribution in [0.15, 0.2) is 53.1 Å². The number of nitrogens with zero attached hydrogens (tertiary/aromatic N) is 3. The summed E-state index contributed by atoms with van der Waals surface area (Å²) in [7, 11) is 0. The Kier molecular flexibility index (Phi) is 3.96. The summed E-state index contributed by atoms with van der Waals surface area (Å²) in [6, 6.07) is 11.3. The molecule has 0 aliphatic rings. The predicted octanol–water partition coefficient (Wildman–Crippen LogP) is 3.36. The van der Waals surface area contributed by atoms with Crippen LogP contribution in [0, 0.1) is 15.9 Å². The fraction of sp³-hybridized carbons (Fsp3) is 0.0667. The third-order valence-corrected chi connectivity index (χ3v) is 2.97. The maximum absolute atomic E-state index is 12.9. The van der Waals surface area contributed by atoms with Gasteiger partial charge >= 0.3 is 0 Å². The largest absolute Gasteiger partial charge is 0.485 e. The zero-order valence-corrected chi connectivity index (χ0v) is 11.7. The molecule has 7 nitrogen and oxygen atoms in total. The van der Waals surface area contributed by atoms with Gasteiger partial charge in [-0.2, -0.15) is 4.98 Å². The number of hydrogen-bond donors (Lipinski definition) is 0. The van der Waals surface area contributed by atoms with Crippen molar-refractivity contribution in [2.75, 3.05) is 0 Å². The molecule has 116 valence electrons. The van der Waals surface area contributed by atoms with Crippen LogP contribution >= 0.6 is 0 Å². The highest BCUT2D eigenvalue weighted by Crippen LogP contribution is 2.20. The molecule has 0 unspecified atom stereocenters. The van der Waals surface area contributed by atoms with Crippen molar-refractivity contribution in [1.82, 2.24) is 10.1 Å². The molecule has 0 amide bonds. The molecule has 0 N–H and O–H groups in total. The molecule has 2 aromatic carbocycles. The highest BCUT2D eigenvalue weighted by molar-refractivity contribution is 5.52. The Hall–Kier alpha value is -3.29. The monoisotopic (exact) mass is 315 g/mol. The van der Waals surface area contributed by atoms with E-state index in [4.69, 9.17) is 9.26 Å². The van der Waals surface area contributed by atoms with Crippen molar-refractivity contribution in [3.05, 3.63) is 70.3 Å². The van der Waals surface area contributed by atoms with Gasteiger partial charge in [0, 0.05) is 17.7 Å². The first-order chi connectivity index (χ1) is 11.1. The molecule has 3 rings (SSSR count). The van der Waals surface area contributed by atoms with Crippen LogP contribution in [0.2, 0.25) is 0 Å². The third kappa shape index (κ3) is 3.49. The van der Waals surface area contributed by atoms with E-state index in [1.807, 2.05) is 0 Å². The lowest BCUT2D eigenvalue weighted by atomic mass is 10.2. The summed E-state index contributed by atoms with van der Waals surface area (Å²) in [5.41, 5.74) is 0.580. The number of aromatic nitrogens is 2. The van der Waals surface area contributed by atoms with E-state index in [0.29, 0.717) is 17.1 Å². The van der Waals surface area contributed by atoms with Crippen LogP contribution in [0.3, 0.4) is 0 Å². The Morgan fingerprint density at radius 2 is 1.83 bits per heavy atom. The average molecular weight is 315 g/mol. The van der Waals surface area contributed by atoms with Gasteiger partial charge in [0.15, 0.2) is 6.61 Å². The molecule has 0 bridgehead atoms. The number of rotatable bonds is 5. The second kappa shape index (κ2) is 6.22. The van der Waals surface area contributed by atoms with E-state index in [-0.39, 0.29) is 24.0 Å². The standard InChI is InChI=1S/C15H10FN3O4/c16-11-3-1-10(2-4-11)15-17-14(18-23-15)9-22-13-7-5-12(6-8-13)19(20)21/h1-8H,9H2. The Balaban J connectivity index is 1.65. The van der Waals surface area contributed by atoms with E-state index in [1.54, 1.807) is 0 Å². The number of hydrogen-bond acceptors (Lipinski definition) is 6. The number of nitro groups is 1. The molecule has 1 aromatic heterocycles. The van der Waals surface area contributed by atoms with Gasteiger partial charge in [-0.15, -0.1) is 0 Å². The average Bonchev–Trinajstić information content (AvgIpc) is 3.03. The number of non-ortho nitro benzene ring substituents is 1. The fourth-order valence-electron chi connectivity index (χ4n) is 1.83. The van der Waals surface area contributed by atoms with E-state index in [9.17, 15) is 14.5 Å². The molecular formula is C15H10FN3O4. The van der Waals surface area contributed by atoms with Gasteiger partial charge in [0.25, 0.3) is 11.6 Å². The van der Waals surface area contributed by atoms with Crippen LogP contribution in [0.4, 0.5) is 10.1 Å². The Morgan fingerprint density at radius 1 is 1.13 bits per heavy atom. The van der Waals surface area contributed by atoms with E-state index in [1.165, 1.54) is 48.5 Å². The molecular weight excluding hydrogens is 305 g/mol. The van der Waals surface area contributed by atoms with E-state index < -0.39 is 4.92 Å². The smallest absolute Gasteiger partial charge is 0.269 e. The molecule has 0 spiro atoms. The van der Waals surface area contributed by atoms with Crippen LogP contribution in [-0.4, -0.2) is 15.1 Å². The number of halogens is 1. The Labute approximate surface area is 129 Å². The summed E-state index contributed by atoms with van der Waals surface area (Å²) < 4.78 is 23.4. The van der Waals surface area contributed by atoms with Gasteiger partial charge in [0.1, 0.15) is 11.6 Å². The second-order valence-electron chi connectivity index (χ2n) is 4.56. The molecule has 3 aromatic rings. The lowest BCUT2D eigenvalue weighted by molar-refractivity contribution is -0.384. The lowest BCUT2D eigenvalue weighted by Crippen LogP contribution is -1.97. The van der Waals surface area contributed by atoms with Crippen LogP contribution in [-0.2, 0) is 6.61 Å². The molecule has 8 heteroatoms. The minimum Gasteiger partial charge on any atom is -0.485 e. The van der Waals surface area contributed by atoms with Gasteiger partial charge in [-0.1, -0.05) is 5.16 Å². The van der Waals surface area contributed by atoms with E-state index in [2.05, 4.69) is 10.1 Å². The second-order valence-corrected chi connectivity index (χ2v) is 4.56. The van der Waals surface area contributed by atoms with Crippen molar-refractivity contribution in [3.63, 3.8) is 0 Å². The summed E-state index contributed by atoms with van der Waals surface area (Å²) in [4.78, 5) is 14.2. The highest BCUT2D eigenvalue weighted by Gasteiger charge is 2.10. The number of nitro benzene ring substituents is 1. The van der Waals surface area contributed by atoms with Crippen molar-refractivity contribution < 1.29 is 18.6 Å². The van der Waals surface area contributed by atoms with Crippen molar-refractivity contribution >= 4 is 5.69 Å². The van der Waals surface area contributed by atoms with Crippen LogP contribution in [0.25, 0.3) is 11.5 Å². The summed E-state index contributed by atoms with van der Waals surface area (Å²) in [5, 5.41) is 14.3. The van der Waals surface area contributed by atoms with Gasteiger partial charge in [0.05, 0.1) is 4.92 Å². The normalized spacial score (nSPS) is 10.5. The molecule has 0 fully saturated rings. The number of ether oxygens (including phenoxy) is 1. The highest BCUT2D eigenvalue weighted by atomic mass is 19.1. The van der Waals surface area contributed by atoms with Gasteiger partial charge in [-0.3, -0.25) is 10.1 Å². The van der Waals surface area contributed by atoms with Crippen LogP contribution in [0.1, 0.15) is 5.82 Å². The summed E-state index contributed by atoms with van der Waals surface area (Å²) in [6.45, 7) is 0.0442. The molecule has 0 aliphatic heterocycles. The summed E-state index contributed by atoms with van der Waals surface area (Å²) in [6.07, 6.45) is 0. The topological polar surface area (TPSA) is 91.3 Å². The molecule has 0 saturated heterocycles. The fourth-order valence-corrected chi connectivity index (χ4v) is 1.83. The van der Waals surface area contributed by atoms with Crippen LogP contribution < -0.4 is 4.74 Å². The minimum atomic E-state index is -0.488. The van der Waals surface area contributed by atoms with E-state index in [0.717, 1.165) is 0 Å². The number of benzene rings is 2. The van der Waals surface area contributed by atoms with Gasteiger partial charge < -0.3 is 9.26 Å². The predicted molar refractivity (Wildman–Crippen MR) is 77.1 cm³/mol. The van der Waals surface area contributed by atoms with Crippen molar-refractivity contribution in [3.8, 4) is 17.2 Å². The molecule has 0 atom stereocenters. The third-order valence-electron chi connectivity index (χ3n) is 2.97. The molecule has 23 heavy (non-hydrogen) atoms. The zero-order valence-electron chi connectivity index (χ0n) is 11.7. The molecule has 1 heterocycles. The molecule has 0 radical (unpaired) electrons. The van der Waals surface area contributed by atoms with Crippen LogP contribution in [0.5, 0.6) is 5.75 Å². The maximum Gasteiger partial charge on any atom is 0.269 e. The first-order valence-electron chi connectivity index (χ1n) is 6.57. The first-order valence-corrected chi connectivity index (χ1v) is 6.57.